The number of esters is 1. The van der Waals surface area contributed by atoms with Gasteiger partial charge in [0.05, 0.1) is 24.0 Å². The molecule has 0 atom stereocenters. The first kappa shape index (κ1) is 11.8. The van der Waals surface area contributed by atoms with Gasteiger partial charge in [-0.1, -0.05) is 12.8 Å². The zero-order valence-corrected chi connectivity index (χ0v) is 10.0. The summed E-state index contributed by atoms with van der Waals surface area (Å²) in [7, 11) is 1.37. The van der Waals surface area contributed by atoms with Crippen LogP contribution in [0.1, 0.15) is 29.6 Å². The van der Waals surface area contributed by atoms with Crippen molar-refractivity contribution in [2.45, 2.75) is 19.3 Å². The summed E-state index contributed by atoms with van der Waals surface area (Å²) in [5, 5.41) is 3.27. The van der Waals surface area contributed by atoms with Crippen LogP contribution in [-0.4, -0.2) is 19.6 Å². The Morgan fingerprint density at radius 2 is 2.29 bits per heavy atom. The minimum absolute atomic E-state index is 0.338. The maximum absolute atomic E-state index is 11.4. The molecule has 0 unspecified atom stereocenters. The number of carbonyl (C=O) groups excluding carboxylic acids is 1. The van der Waals surface area contributed by atoms with Gasteiger partial charge >= 0.3 is 5.97 Å². The average molecular weight is 234 g/mol. The molecule has 4 nitrogen and oxygen atoms in total. The van der Waals surface area contributed by atoms with Gasteiger partial charge in [-0.15, -0.1) is 0 Å². The summed E-state index contributed by atoms with van der Waals surface area (Å²) in [4.78, 5) is 11.4. The number of ether oxygens (including phenoxy) is 1. The fourth-order valence-electron chi connectivity index (χ4n) is 1.77. The number of hydrogen-bond acceptors (Lipinski definition) is 4. The van der Waals surface area contributed by atoms with Crippen molar-refractivity contribution >= 4 is 17.3 Å². The van der Waals surface area contributed by atoms with E-state index < -0.39 is 0 Å². The third-order valence-corrected chi connectivity index (χ3v) is 3.04. The number of rotatable bonds is 5. The van der Waals surface area contributed by atoms with Crippen LogP contribution in [0.15, 0.2) is 18.2 Å². The normalized spacial score (nSPS) is 14.4. The number of nitrogens with two attached hydrogens (primary N) is 1. The Morgan fingerprint density at radius 1 is 1.53 bits per heavy atom. The Balaban J connectivity index is 2.00. The van der Waals surface area contributed by atoms with E-state index in [9.17, 15) is 4.79 Å². The zero-order chi connectivity index (χ0) is 12.3. The number of nitrogen functional groups attached to an aromatic ring is 1. The molecule has 0 amide bonds. The number of methoxy groups -OCH3 is 1. The highest BCUT2D eigenvalue weighted by Crippen LogP contribution is 2.32. The predicted molar refractivity (Wildman–Crippen MR) is 68.0 cm³/mol. The van der Waals surface area contributed by atoms with E-state index in [1.165, 1.54) is 26.4 Å². The Bertz CT molecular complexity index is 414. The molecule has 0 aliphatic heterocycles. The van der Waals surface area contributed by atoms with Crippen LogP contribution in [-0.2, 0) is 4.74 Å². The molecule has 0 radical (unpaired) electrons. The fourth-order valence-corrected chi connectivity index (χ4v) is 1.77. The van der Waals surface area contributed by atoms with E-state index in [4.69, 9.17) is 5.73 Å². The SMILES string of the molecule is COC(=O)c1ccc(N)c(NCCC2CC2)c1. The van der Waals surface area contributed by atoms with Gasteiger partial charge in [0.2, 0.25) is 0 Å². The molecule has 0 bridgehead atoms. The van der Waals surface area contributed by atoms with Gasteiger partial charge in [-0.05, 0) is 30.5 Å². The van der Waals surface area contributed by atoms with Crippen LogP contribution >= 0.6 is 0 Å². The maximum Gasteiger partial charge on any atom is 0.337 e. The number of hydrogen-bond donors (Lipinski definition) is 2. The Labute approximate surface area is 101 Å². The molecule has 1 aliphatic carbocycles. The lowest BCUT2D eigenvalue weighted by Gasteiger charge is -2.10. The standard InChI is InChI=1S/C13H18N2O2/c1-17-13(16)10-4-5-11(14)12(8-10)15-7-6-9-2-3-9/h4-5,8-9,15H,2-3,6-7,14H2,1H3. The van der Waals surface area contributed by atoms with Crippen molar-refractivity contribution in [1.82, 2.24) is 0 Å². The molecule has 0 spiro atoms. The van der Waals surface area contributed by atoms with Crippen molar-refractivity contribution in [3.8, 4) is 0 Å². The van der Waals surface area contributed by atoms with Crippen LogP contribution in [0.2, 0.25) is 0 Å². The molecule has 92 valence electrons. The van der Waals surface area contributed by atoms with E-state index in [1.807, 2.05) is 0 Å². The number of anilines is 2. The first-order valence-electron chi connectivity index (χ1n) is 5.92. The predicted octanol–water partition coefficient (Wildman–Crippen LogP) is 2.27. The second kappa shape index (κ2) is 5.08. The molecule has 1 fully saturated rings. The van der Waals surface area contributed by atoms with E-state index in [-0.39, 0.29) is 5.97 Å². The van der Waals surface area contributed by atoms with E-state index in [1.54, 1.807) is 18.2 Å². The topological polar surface area (TPSA) is 64.3 Å². The zero-order valence-electron chi connectivity index (χ0n) is 10.0. The molecule has 1 saturated carbocycles. The van der Waals surface area contributed by atoms with Gasteiger partial charge in [0, 0.05) is 6.54 Å². The average Bonchev–Trinajstić information content (AvgIpc) is 3.14. The van der Waals surface area contributed by atoms with E-state index >= 15 is 0 Å². The molecular weight excluding hydrogens is 216 g/mol. The molecule has 4 heteroatoms. The molecule has 3 N–H and O–H groups in total. The lowest BCUT2D eigenvalue weighted by atomic mass is 10.1. The van der Waals surface area contributed by atoms with E-state index in [0.717, 1.165) is 18.2 Å². The molecule has 0 saturated heterocycles. The smallest absolute Gasteiger partial charge is 0.337 e. The van der Waals surface area contributed by atoms with Gasteiger partial charge in [-0.2, -0.15) is 0 Å². The van der Waals surface area contributed by atoms with E-state index in [0.29, 0.717) is 11.3 Å². The second-order valence-electron chi connectivity index (χ2n) is 4.45. The van der Waals surface area contributed by atoms with Crippen molar-refractivity contribution in [3.63, 3.8) is 0 Å². The van der Waals surface area contributed by atoms with Crippen molar-refractivity contribution in [2.24, 2.45) is 5.92 Å². The summed E-state index contributed by atoms with van der Waals surface area (Å²) in [6.45, 7) is 0.902. The number of benzene rings is 1. The van der Waals surface area contributed by atoms with Gasteiger partial charge < -0.3 is 15.8 Å². The number of nitrogens with one attached hydrogen (secondary N) is 1. The Hall–Kier alpha value is -1.71. The van der Waals surface area contributed by atoms with Crippen LogP contribution in [0, 0.1) is 5.92 Å². The van der Waals surface area contributed by atoms with Crippen molar-refractivity contribution in [3.05, 3.63) is 23.8 Å². The highest BCUT2D eigenvalue weighted by Gasteiger charge is 2.20. The Morgan fingerprint density at radius 3 is 2.94 bits per heavy atom. The largest absolute Gasteiger partial charge is 0.465 e. The van der Waals surface area contributed by atoms with Gasteiger partial charge in [0.15, 0.2) is 0 Å². The third-order valence-electron chi connectivity index (χ3n) is 3.04. The minimum Gasteiger partial charge on any atom is -0.465 e. The van der Waals surface area contributed by atoms with Crippen molar-refractivity contribution in [1.29, 1.82) is 0 Å². The van der Waals surface area contributed by atoms with Crippen LogP contribution in [0.25, 0.3) is 0 Å². The third kappa shape index (κ3) is 3.12. The van der Waals surface area contributed by atoms with Crippen LogP contribution in [0.5, 0.6) is 0 Å². The lowest BCUT2D eigenvalue weighted by molar-refractivity contribution is 0.0601. The molecule has 1 aromatic rings. The van der Waals surface area contributed by atoms with Gasteiger partial charge in [-0.3, -0.25) is 0 Å². The minimum atomic E-state index is -0.338. The summed E-state index contributed by atoms with van der Waals surface area (Å²) < 4.78 is 4.68. The molecule has 1 aromatic carbocycles. The molecule has 0 heterocycles. The molecule has 17 heavy (non-hydrogen) atoms. The first-order chi connectivity index (χ1) is 8.20. The van der Waals surface area contributed by atoms with E-state index in [2.05, 4.69) is 10.1 Å². The summed E-state index contributed by atoms with van der Waals surface area (Å²) >= 11 is 0. The van der Waals surface area contributed by atoms with Gasteiger partial charge in [0.1, 0.15) is 0 Å². The molecule has 1 aliphatic rings. The van der Waals surface area contributed by atoms with Crippen LogP contribution < -0.4 is 11.1 Å². The summed E-state index contributed by atoms with van der Waals surface area (Å²) in [6, 6.07) is 5.15. The maximum atomic E-state index is 11.4. The van der Waals surface area contributed by atoms with Crippen LogP contribution in [0.3, 0.4) is 0 Å². The van der Waals surface area contributed by atoms with Gasteiger partial charge in [-0.25, -0.2) is 4.79 Å². The number of carbonyl (C=O) groups is 1. The summed E-state index contributed by atoms with van der Waals surface area (Å²) in [5.74, 6) is 0.544. The lowest BCUT2D eigenvalue weighted by Crippen LogP contribution is -2.07. The molecule has 0 aromatic heterocycles. The fraction of sp³-hybridized carbons (Fsp3) is 0.462. The van der Waals surface area contributed by atoms with Crippen molar-refractivity contribution < 1.29 is 9.53 Å². The monoisotopic (exact) mass is 234 g/mol. The highest BCUT2D eigenvalue weighted by molar-refractivity contribution is 5.91. The molecular formula is C13H18N2O2. The first-order valence-corrected chi connectivity index (χ1v) is 5.92. The van der Waals surface area contributed by atoms with Crippen molar-refractivity contribution in [2.75, 3.05) is 24.7 Å². The Kier molecular flexibility index (Phi) is 3.52. The highest BCUT2D eigenvalue weighted by atomic mass is 16.5. The molecule has 2 rings (SSSR count). The van der Waals surface area contributed by atoms with Gasteiger partial charge in [0.25, 0.3) is 0 Å². The summed E-state index contributed by atoms with van der Waals surface area (Å²) in [6.07, 6.45) is 3.86. The van der Waals surface area contributed by atoms with Crippen LogP contribution in [0.4, 0.5) is 11.4 Å². The second-order valence-corrected chi connectivity index (χ2v) is 4.45. The quantitative estimate of drug-likeness (QED) is 0.606. The summed E-state index contributed by atoms with van der Waals surface area (Å²) in [5.41, 5.74) is 7.85.